The molecular formula is C24H35N3O3S. The molecule has 2 aliphatic heterocycles. The average molecular weight is 446 g/mol. The van der Waals surface area contributed by atoms with Gasteiger partial charge in [-0.05, 0) is 76.9 Å². The summed E-state index contributed by atoms with van der Waals surface area (Å²) in [6.07, 6.45) is 8.01. The van der Waals surface area contributed by atoms with Crippen LogP contribution in [0.3, 0.4) is 0 Å². The van der Waals surface area contributed by atoms with Crippen molar-refractivity contribution in [1.82, 2.24) is 14.7 Å². The lowest BCUT2D eigenvalue weighted by atomic mass is 10.0. The van der Waals surface area contributed by atoms with Crippen molar-refractivity contribution in [1.29, 1.82) is 0 Å². The number of ether oxygens (including phenoxy) is 1. The van der Waals surface area contributed by atoms with Crippen molar-refractivity contribution in [2.24, 2.45) is 0 Å². The molecule has 3 rings (SSSR count). The van der Waals surface area contributed by atoms with Crippen molar-refractivity contribution in [3.8, 4) is 5.75 Å². The Bertz CT molecular complexity index is 790. The van der Waals surface area contributed by atoms with Crippen molar-refractivity contribution in [3.05, 3.63) is 35.9 Å². The first-order chi connectivity index (χ1) is 15.0. The molecule has 1 aromatic carbocycles. The first-order valence-corrected chi connectivity index (χ1v) is 12.5. The van der Waals surface area contributed by atoms with Gasteiger partial charge in [-0.3, -0.25) is 14.5 Å². The number of rotatable bonds is 7. The summed E-state index contributed by atoms with van der Waals surface area (Å²) in [5.41, 5.74) is 0.602. The summed E-state index contributed by atoms with van der Waals surface area (Å²) in [5, 5.41) is 0. The number of hydrogen-bond donors (Lipinski definition) is 0. The Morgan fingerprint density at radius 2 is 1.87 bits per heavy atom. The summed E-state index contributed by atoms with van der Waals surface area (Å²) in [7, 11) is 2.19. The molecule has 31 heavy (non-hydrogen) atoms. The minimum absolute atomic E-state index is 0.0703. The predicted molar refractivity (Wildman–Crippen MR) is 126 cm³/mol. The molecule has 7 heteroatoms. The van der Waals surface area contributed by atoms with Gasteiger partial charge in [0.1, 0.15) is 5.75 Å². The van der Waals surface area contributed by atoms with Crippen LogP contribution in [0.25, 0.3) is 0 Å². The lowest BCUT2D eigenvalue weighted by molar-refractivity contribution is -0.127. The molecule has 6 nitrogen and oxygen atoms in total. The van der Waals surface area contributed by atoms with Crippen LogP contribution in [0.5, 0.6) is 5.75 Å². The van der Waals surface area contributed by atoms with E-state index in [0.29, 0.717) is 18.2 Å². The largest absolute Gasteiger partial charge is 0.494 e. The topological polar surface area (TPSA) is 53.1 Å². The van der Waals surface area contributed by atoms with E-state index in [2.05, 4.69) is 16.8 Å². The standard InChI is InChI=1S/C24H35N3O3S/c1-4-30-20-6-7-21(23(18-20)31-3)22(28)8-9-24(29)27-14-10-19(11-15-27)26-13-5-12-25(2)16-17-26/h6-9,18-19H,4-5,10-17H2,1-3H3. The van der Waals surface area contributed by atoms with Crippen LogP contribution in [-0.4, -0.2) is 91.6 Å². The second kappa shape index (κ2) is 11.7. The fraction of sp³-hybridized carbons (Fsp3) is 0.583. The van der Waals surface area contributed by atoms with Crippen molar-refractivity contribution >= 4 is 23.5 Å². The SMILES string of the molecule is CCOc1ccc(C(=O)C=CC(=O)N2CCC(N3CCCN(C)CC3)CC2)c(SC)c1. The molecule has 0 bridgehead atoms. The van der Waals surface area contributed by atoms with E-state index in [1.54, 1.807) is 12.1 Å². The van der Waals surface area contributed by atoms with Gasteiger partial charge in [0.25, 0.3) is 0 Å². The summed E-state index contributed by atoms with van der Waals surface area (Å²) in [4.78, 5) is 33.1. The fourth-order valence-corrected chi connectivity index (χ4v) is 4.98. The van der Waals surface area contributed by atoms with E-state index < -0.39 is 0 Å². The number of likely N-dealkylation sites (N-methyl/N-ethyl adjacent to an activating group) is 1. The molecule has 0 aromatic heterocycles. The van der Waals surface area contributed by atoms with Crippen molar-refractivity contribution in [2.75, 3.05) is 59.2 Å². The van der Waals surface area contributed by atoms with Crippen LogP contribution in [0.4, 0.5) is 0 Å². The van der Waals surface area contributed by atoms with E-state index >= 15 is 0 Å². The molecule has 0 aliphatic carbocycles. The molecule has 0 unspecified atom stereocenters. The van der Waals surface area contributed by atoms with E-state index in [1.165, 1.54) is 36.9 Å². The first kappa shape index (κ1) is 23.8. The minimum Gasteiger partial charge on any atom is -0.494 e. The zero-order valence-corrected chi connectivity index (χ0v) is 19.8. The van der Waals surface area contributed by atoms with Gasteiger partial charge in [-0.1, -0.05) is 0 Å². The van der Waals surface area contributed by atoms with Crippen LogP contribution in [0.1, 0.15) is 36.5 Å². The predicted octanol–water partition coefficient (Wildman–Crippen LogP) is 3.17. The molecule has 2 saturated heterocycles. The number of ketones is 1. The van der Waals surface area contributed by atoms with E-state index in [1.807, 2.05) is 24.1 Å². The van der Waals surface area contributed by atoms with E-state index in [-0.39, 0.29) is 11.7 Å². The molecule has 0 spiro atoms. The Morgan fingerprint density at radius 3 is 2.58 bits per heavy atom. The third-order valence-electron chi connectivity index (χ3n) is 6.17. The number of nitrogens with zero attached hydrogens (tertiary/aromatic N) is 3. The smallest absolute Gasteiger partial charge is 0.246 e. The molecule has 2 fully saturated rings. The molecule has 0 N–H and O–H groups in total. The normalized spacial score (nSPS) is 19.5. The number of allylic oxidation sites excluding steroid dienone is 1. The van der Waals surface area contributed by atoms with Crippen LogP contribution in [0.15, 0.2) is 35.2 Å². The van der Waals surface area contributed by atoms with Crippen LogP contribution in [-0.2, 0) is 4.79 Å². The van der Waals surface area contributed by atoms with Gasteiger partial charge in [0.2, 0.25) is 5.91 Å². The molecular weight excluding hydrogens is 410 g/mol. The number of benzene rings is 1. The first-order valence-electron chi connectivity index (χ1n) is 11.3. The molecule has 2 aliphatic rings. The van der Waals surface area contributed by atoms with Crippen LogP contribution in [0.2, 0.25) is 0 Å². The van der Waals surface area contributed by atoms with Crippen LogP contribution < -0.4 is 4.74 Å². The maximum atomic E-state index is 12.7. The highest BCUT2D eigenvalue weighted by atomic mass is 32.2. The lowest BCUT2D eigenvalue weighted by Crippen LogP contribution is -2.47. The molecule has 1 aromatic rings. The number of thioether (sulfide) groups is 1. The highest BCUT2D eigenvalue weighted by Gasteiger charge is 2.27. The molecule has 1 amide bonds. The monoisotopic (exact) mass is 445 g/mol. The fourth-order valence-electron chi connectivity index (χ4n) is 4.36. The Labute approximate surface area is 190 Å². The zero-order chi connectivity index (χ0) is 22.2. The summed E-state index contributed by atoms with van der Waals surface area (Å²) < 4.78 is 5.52. The van der Waals surface area contributed by atoms with Gasteiger partial charge in [0.15, 0.2) is 5.78 Å². The molecule has 0 saturated carbocycles. The van der Waals surface area contributed by atoms with Crippen molar-refractivity contribution in [3.63, 3.8) is 0 Å². The Morgan fingerprint density at radius 1 is 1.10 bits per heavy atom. The second-order valence-electron chi connectivity index (χ2n) is 8.24. The number of carbonyl (C=O) groups is 2. The summed E-state index contributed by atoms with van der Waals surface area (Å²) >= 11 is 1.50. The van der Waals surface area contributed by atoms with Crippen molar-refractivity contribution < 1.29 is 14.3 Å². The molecule has 170 valence electrons. The van der Waals surface area contributed by atoms with Crippen molar-refractivity contribution in [2.45, 2.75) is 37.1 Å². The number of likely N-dealkylation sites (tertiary alicyclic amines) is 1. The zero-order valence-electron chi connectivity index (χ0n) is 19.0. The Kier molecular flexibility index (Phi) is 8.99. The van der Waals surface area contributed by atoms with Crippen LogP contribution in [0, 0.1) is 0 Å². The van der Waals surface area contributed by atoms with E-state index in [9.17, 15) is 9.59 Å². The summed E-state index contributed by atoms with van der Waals surface area (Å²) in [6, 6.07) is 6.02. The number of piperidine rings is 1. The van der Waals surface area contributed by atoms with Gasteiger partial charge in [0.05, 0.1) is 6.61 Å². The average Bonchev–Trinajstić information content (AvgIpc) is 3.02. The third-order valence-corrected chi connectivity index (χ3v) is 6.95. The number of carbonyl (C=O) groups excluding carboxylic acids is 2. The highest BCUT2D eigenvalue weighted by molar-refractivity contribution is 7.98. The molecule has 0 atom stereocenters. The molecule has 2 heterocycles. The summed E-state index contributed by atoms with van der Waals surface area (Å²) in [6.45, 7) is 8.58. The van der Waals surface area contributed by atoms with Gasteiger partial charge in [-0.25, -0.2) is 0 Å². The number of hydrogen-bond acceptors (Lipinski definition) is 6. The van der Waals surface area contributed by atoms with Gasteiger partial charge >= 0.3 is 0 Å². The molecule has 0 radical (unpaired) electrons. The number of amides is 1. The third kappa shape index (κ3) is 6.57. The van der Waals surface area contributed by atoms with Gasteiger partial charge in [-0.2, -0.15) is 0 Å². The van der Waals surface area contributed by atoms with Gasteiger partial charge in [-0.15, -0.1) is 11.8 Å². The second-order valence-corrected chi connectivity index (χ2v) is 9.09. The maximum absolute atomic E-state index is 12.7. The van der Waals surface area contributed by atoms with E-state index in [4.69, 9.17) is 4.74 Å². The minimum atomic E-state index is -0.149. The van der Waals surface area contributed by atoms with Gasteiger partial charge in [0, 0.05) is 48.8 Å². The van der Waals surface area contributed by atoms with Crippen LogP contribution >= 0.6 is 11.8 Å². The van der Waals surface area contributed by atoms with Gasteiger partial charge < -0.3 is 14.5 Å². The van der Waals surface area contributed by atoms with E-state index in [0.717, 1.165) is 56.2 Å². The maximum Gasteiger partial charge on any atom is 0.246 e. The summed E-state index contributed by atoms with van der Waals surface area (Å²) in [5.74, 6) is 0.533. The highest BCUT2D eigenvalue weighted by Crippen LogP contribution is 2.26. The Balaban J connectivity index is 1.53. The quantitative estimate of drug-likeness (QED) is 0.365. The Hall–Kier alpha value is -1.83. The lowest BCUT2D eigenvalue weighted by Gasteiger charge is -2.37.